The molecule has 1 aliphatic rings. The third-order valence-electron chi connectivity index (χ3n) is 4.72. The van der Waals surface area contributed by atoms with Crippen molar-refractivity contribution in [3.05, 3.63) is 35.4 Å². The zero-order valence-corrected chi connectivity index (χ0v) is 17.1. The third kappa shape index (κ3) is 5.47. The van der Waals surface area contributed by atoms with Crippen LogP contribution in [0.25, 0.3) is 0 Å². The fourth-order valence-electron chi connectivity index (χ4n) is 3.31. The summed E-state index contributed by atoms with van der Waals surface area (Å²) in [5, 5.41) is 0. The van der Waals surface area contributed by atoms with Crippen LogP contribution in [0.3, 0.4) is 0 Å². The summed E-state index contributed by atoms with van der Waals surface area (Å²) in [6.45, 7) is 9.42. The van der Waals surface area contributed by atoms with Crippen LogP contribution in [0, 0.1) is 0 Å². The lowest BCUT2D eigenvalue weighted by atomic mass is 10.1. The van der Waals surface area contributed by atoms with Gasteiger partial charge in [0.05, 0.1) is 6.61 Å². The summed E-state index contributed by atoms with van der Waals surface area (Å²) in [6, 6.07) is 6.93. The van der Waals surface area contributed by atoms with Crippen LogP contribution in [0.15, 0.2) is 24.3 Å². The van der Waals surface area contributed by atoms with Gasteiger partial charge in [-0.05, 0) is 38.0 Å². The molecule has 7 nitrogen and oxygen atoms in total. The van der Waals surface area contributed by atoms with Gasteiger partial charge >= 0.3 is 6.09 Å². The van der Waals surface area contributed by atoms with Crippen molar-refractivity contribution in [3.8, 4) is 0 Å². The highest BCUT2D eigenvalue weighted by atomic mass is 16.6. The number of ether oxygens (including phenoxy) is 1. The monoisotopic (exact) mass is 389 g/mol. The average Bonchev–Trinajstić information content (AvgIpc) is 2.73. The molecule has 0 aromatic heterocycles. The Balaban J connectivity index is 2.04. The molecule has 0 atom stereocenters. The Kier molecular flexibility index (Phi) is 8.29. The fourth-order valence-corrected chi connectivity index (χ4v) is 3.31. The van der Waals surface area contributed by atoms with Gasteiger partial charge in [-0.1, -0.05) is 19.9 Å². The van der Waals surface area contributed by atoms with Gasteiger partial charge in [-0.25, -0.2) is 4.79 Å². The molecule has 0 N–H and O–H groups in total. The second kappa shape index (κ2) is 10.7. The van der Waals surface area contributed by atoms with Crippen molar-refractivity contribution in [1.29, 1.82) is 0 Å². The molecule has 0 aliphatic carbocycles. The minimum absolute atomic E-state index is 0.0366. The molecule has 154 valence electrons. The summed E-state index contributed by atoms with van der Waals surface area (Å²) < 4.78 is 5.01. The van der Waals surface area contributed by atoms with Crippen LogP contribution in [0.5, 0.6) is 0 Å². The Labute approximate surface area is 167 Å². The molecule has 0 spiro atoms. The number of benzene rings is 1. The fraction of sp³-hybridized carbons (Fsp3) is 0.571. The summed E-state index contributed by atoms with van der Waals surface area (Å²) >= 11 is 0. The molecule has 0 unspecified atom stereocenters. The van der Waals surface area contributed by atoms with Crippen LogP contribution >= 0.6 is 0 Å². The van der Waals surface area contributed by atoms with Crippen LogP contribution in [-0.2, 0) is 4.74 Å². The Morgan fingerprint density at radius 1 is 0.929 bits per heavy atom. The van der Waals surface area contributed by atoms with Crippen LogP contribution in [0.1, 0.15) is 54.3 Å². The summed E-state index contributed by atoms with van der Waals surface area (Å²) in [5.41, 5.74) is 1.04. The van der Waals surface area contributed by atoms with Crippen molar-refractivity contribution >= 4 is 17.9 Å². The molecule has 0 radical (unpaired) electrons. The molecular formula is C21H31N3O4. The van der Waals surface area contributed by atoms with Crippen molar-refractivity contribution in [2.24, 2.45) is 0 Å². The molecule has 1 aromatic carbocycles. The van der Waals surface area contributed by atoms with Crippen molar-refractivity contribution in [1.82, 2.24) is 14.7 Å². The van der Waals surface area contributed by atoms with Gasteiger partial charge in [0.15, 0.2) is 0 Å². The Hall–Kier alpha value is -2.57. The zero-order chi connectivity index (χ0) is 20.5. The summed E-state index contributed by atoms with van der Waals surface area (Å²) in [6.07, 6.45) is 1.46. The van der Waals surface area contributed by atoms with E-state index in [2.05, 4.69) is 0 Å². The summed E-state index contributed by atoms with van der Waals surface area (Å²) in [5.74, 6) is -0.152. The second-order valence-electron chi connectivity index (χ2n) is 6.85. The van der Waals surface area contributed by atoms with E-state index in [4.69, 9.17) is 4.74 Å². The largest absolute Gasteiger partial charge is 0.450 e. The predicted molar refractivity (Wildman–Crippen MR) is 107 cm³/mol. The average molecular weight is 389 g/mol. The molecule has 7 heteroatoms. The summed E-state index contributed by atoms with van der Waals surface area (Å²) in [7, 11) is 0. The van der Waals surface area contributed by atoms with Gasteiger partial charge < -0.3 is 19.4 Å². The maximum absolute atomic E-state index is 12.9. The van der Waals surface area contributed by atoms with Gasteiger partial charge in [-0.15, -0.1) is 0 Å². The molecule has 0 saturated carbocycles. The normalized spacial score (nSPS) is 14.0. The van der Waals surface area contributed by atoms with E-state index < -0.39 is 0 Å². The van der Waals surface area contributed by atoms with E-state index in [-0.39, 0.29) is 17.9 Å². The third-order valence-corrected chi connectivity index (χ3v) is 4.72. The first kappa shape index (κ1) is 21.7. The number of piperazine rings is 1. The molecule has 2 rings (SSSR count). The Bertz CT molecular complexity index is 678. The van der Waals surface area contributed by atoms with Gasteiger partial charge in [-0.2, -0.15) is 0 Å². The Morgan fingerprint density at radius 3 is 2.07 bits per heavy atom. The van der Waals surface area contributed by atoms with Crippen molar-refractivity contribution < 1.29 is 19.1 Å². The van der Waals surface area contributed by atoms with Gasteiger partial charge in [0.2, 0.25) is 0 Å². The van der Waals surface area contributed by atoms with E-state index in [9.17, 15) is 14.4 Å². The molecule has 1 aliphatic heterocycles. The molecule has 1 heterocycles. The number of hydrogen-bond donors (Lipinski definition) is 0. The van der Waals surface area contributed by atoms with E-state index >= 15 is 0 Å². The smallest absolute Gasteiger partial charge is 0.409 e. The molecule has 3 amide bonds. The maximum atomic E-state index is 12.9. The molecule has 28 heavy (non-hydrogen) atoms. The number of rotatable bonds is 7. The number of hydrogen-bond acceptors (Lipinski definition) is 4. The van der Waals surface area contributed by atoms with Crippen molar-refractivity contribution in [3.63, 3.8) is 0 Å². The van der Waals surface area contributed by atoms with Crippen LogP contribution in [0.4, 0.5) is 4.79 Å². The summed E-state index contributed by atoms with van der Waals surface area (Å²) in [4.78, 5) is 42.6. The lowest BCUT2D eigenvalue weighted by molar-refractivity contribution is 0.0570. The van der Waals surface area contributed by atoms with Crippen LogP contribution in [0.2, 0.25) is 0 Å². The van der Waals surface area contributed by atoms with Crippen molar-refractivity contribution in [2.75, 3.05) is 45.9 Å². The Morgan fingerprint density at radius 2 is 1.50 bits per heavy atom. The van der Waals surface area contributed by atoms with Crippen LogP contribution < -0.4 is 0 Å². The standard InChI is InChI=1S/C21H31N3O4/c1-4-10-22(11-5-2)19(25)17-8-7-9-18(16-17)20(26)23-12-14-24(15-13-23)21(27)28-6-3/h7-9,16H,4-6,10-15H2,1-3H3. The van der Waals surface area contributed by atoms with E-state index in [0.717, 1.165) is 12.8 Å². The van der Waals surface area contributed by atoms with E-state index in [0.29, 0.717) is 57.0 Å². The number of nitrogens with zero attached hydrogens (tertiary/aromatic N) is 3. The van der Waals surface area contributed by atoms with Crippen molar-refractivity contribution in [2.45, 2.75) is 33.6 Å². The van der Waals surface area contributed by atoms with Gasteiger partial charge in [-0.3, -0.25) is 9.59 Å². The first-order valence-corrected chi connectivity index (χ1v) is 10.1. The lowest BCUT2D eigenvalue weighted by Gasteiger charge is -2.34. The predicted octanol–water partition coefficient (Wildman–Crippen LogP) is 2.86. The van der Waals surface area contributed by atoms with Gasteiger partial charge in [0, 0.05) is 50.4 Å². The molecular weight excluding hydrogens is 358 g/mol. The number of amides is 3. The topological polar surface area (TPSA) is 70.2 Å². The minimum Gasteiger partial charge on any atom is -0.450 e. The highest BCUT2D eigenvalue weighted by Gasteiger charge is 2.26. The van der Waals surface area contributed by atoms with Gasteiger partial charge in [0.1, 0.15) is 0 Å². The zero-order valence-electron chi connectivity index (χ0n) is 17.1. The SMILES string of the molecule is CCCN(CCC)C(=O)c1cccc(C(=O)N2CCN(C(=O)OCC)CC2)c1. The van der Waals surface area contributed by atoms with Gasteiger partial charge in [0.25, 0.3) is 11.8 Å². The first-order chi connectivity index (χ1) is 13.5. The second-order valence-corrected chi connectivity index (χ2v) is 6.85. The first-order valence-electron chi connectivity index (χ1n) is 10.1. The highest BCUT2D eigenvalue weighted by molar-refractivity contribution is 5.99. The van der Waals surface area contributed by atoms with Crippen LogP contribution in [-0.4, -0.2) is 78.5 Å². The maximum Gasteiger partial charge on any atom is 0.409 e. The molecule has 1 fully saturated rings. The molecule has 0 bridgehead atoms. The molecule has 1 saturated heterocycles. The lowest BCUT2D eigenvalue weighted by Crippen LogP contribution is -2.50. The number of carbonyl (C=O) groups is 3. The number of carbonyl (C=O) groups excluding carboxylic acids is 3. The minimum atomic E-state index is -0.339. The van der Waals surface area contributed by atoms with E-state index in [1.54, 1.807) is 41.0 Å². The molecule has 1 aromatic rings. The highest BCUT2D eigenvalue weighted by Crippen LogP contribution is 2.14. The van der Waals surface area contributed by atoms with E-state index in [1.807, 2.05) is 18.7 Å². The quantitative estimate of drug-likeness (QED) is 0.719. The van der Waals surface area contributed by atoms with E-state index in [1.165, 1.54) is 0 Å².